The number of halogens is 3. The van der Waals surface area contributed by atoms with E-state index in [2.05, 4.69) is 29.4 Å². The predicted octanol–water partition coefficient (Wildman–Crippen LogP) is 5.60. The number of benzene rings is 2. The van der Waals surface area contributed by atoms with E-state index in [0.29, 0.717) is 10.8 Å². The largest absolute Gasteiger partial charge is 0.370 e. The van der Waals surface area contributed by atoms with Crippen LogP contribution in [0.4, 0.5) is 5.82 Å². The van der Waals surface area contributed by atoms with Crippen LogP contribution in [0.15, 0.2) is 47.5 Å². The third-order valence-electron chi connectivity index (χ3n) is 5.48. The van der Waals surface area contributed by atoms with Gasteiger partial charge in [-0.15, -0.1) is 24.8 Å². The molecular formula is C24H29Cl3N6. The quantitative estimate of drug-likeness (QED) is 0.308. The van der Waals surface area contributed by atoms with Gasteiger partial charge >= 0.3 is 0 Å². The first kappa shape index (κ1) is 26.7. The summed E-state index contributed by atoms with van der Waals surface area (Å²) in [5.74, 6) is 1.66. The number of rotatable bonds is 5. The Morgan fingerprint density at radius 2 is 1.82 bits per heavy atom. The number of hydrogen-bond acceptors (Lipinski definition) is 4. The van der Waals surface area contributed by atoms with E-state index in [0.717, 1.165) is 48.0 Å². The highest BCUT2D eigenvalue weighted by atomic mass is 35.5. The summed E-state index contributed by atoms with van der Waals surface area (Å²) in [5, 5.41) is 5.38. The zero-order valence-corrected chi connectivity index (χ0v) is 20.8. The molecule has 2 aromatic carbocycles. The van der Waals surface area contributed by atoms with Crippen LogP contribution < -0.4 is 16.8 Å². The number of nitrogens with zero attached hydrogens (tertiary/aromatic N) is 3. The molecule has 1 fully saturated rings. The van der Waals surface area contributed by atoms with Crippen LogP contribution >= 0.6 is 36.4 Å². The molecular weight excluding hydrogens is 479 g/mol. The van der Waals surface area contributed by atoms with Crippen molar-refractivity contribution in [3.63, 3.8) is 0 Å². The Balaban J connectivity index is 0.00000193. The summed E-state index contributed by atoms with van der Waals surface area (Å²) in [4.78, 5) is 13.9. The topological polar surface area (TPSA) is 102 Å². The third kappa shape index (κ3) is 7.22. The van der Waals surface area contributed by atoms with Crippen molar-refractivity contribution in [3.05, 3.63) is 64.4 Å². The number of aliphatic imine (C=N–C) groups is 1. The Bertz CT molecular complexity index is 1130. The predicted molar refractivity (Wildman–Crippen MR) is 145 cm³/mol. The molecule has 1 heterocycles. The minimum Gasteiger partial charge on any atom is -0.370 e. The number of fused-ring (bicyclic) bond motifs is 1. The van der Waals surface area contributed by atoms with Gasteiger partial charge in [0.15, 0.2) is 11.8 Å². The smallest absolute Gasteiger partial charge is 0.186 e. The second-order valence-electron chi connectivity index (χ2n) is 8.05. The molecule has 0 amide bonds. The van der Waals surface area contributed by atoms with E-state index >= 15 is 0 Å². The van der Waals surface area contributed by atoms with Crippen LogP contribution in [-0.2, 0) is 0 Å². The van der Waals surface area contributed by atoms with Gasteiger partial charge in [0.25, 0.3) is 0 Å². The van der Waals surface area contributed by atoms with Crippen molar-refractivity contribution in [2.24, 2.45) is 16.5 Å². The third-order valence-corrected chi connectivity index (χ3v) is 5.73. The zero-order valence-electron chi connectivity index (χ0n) is 18.4. The number of aryl methyl sites for hydroxylation is 1. The fourth-order valence-electron chi connectivity index (χ4n) is 4.01. The second-order valence-corrected chi connectivity index (χ2v) is 8.49. The molecule has 1 aromatic heterocycles. The van der Waals surface area contributed by atoms with Gasteiger partial charge in [-0.2, -0.15) is 0 Å². The molecule has 0 radical (unpaired) electrons. The van der Waals surface area contributed by atoms with Crippen LogP contribution in [0.2, 0.25) is 5.02 Å². The van der Waals surface area contributed by atoms with Gasteiger partial charge in [-0.05, 0) is 68.5 Å². The molecule has 0 bridgehead atoms. The van der Waals surface area contributed by atoms with E-state index in [-0.39, 0.29) is 42.9 Å². The van der Waals surface area contributed by atoms with Gasteiger partial charge in [-0.25, -0.2) is 9.97 Å². The number of hydrogen-bond donors (Lipinski definition) is 3. The molecule has 4 rings (SSSR count). The molecule has 1 aliphatic carbocycles. The lowest BCUT2D eigenvalue weighted by molar-refractivity contribution is 0.410. The number of guanidine groups is 1. The minimum atomic E-state index is 0. The Morgan fingerprint density at radius 1 is 1.06 bits per heavy atom. The normalized spacial score (nSPS) is 17.8. The van der Waals surface area contributed by atoms with E-state index in [1.54, 1.807) is 0 Å². The van der Waals surface area contributed by atoms with E-state index in [1.165, 1.54) is 5.56 Å². The van der Waals surface area contributed by atoms with Gasteiger partial charge in [0, 0.05) is 16.5 Å². The summed E-state index contributed by atoms with van der Waals surface area (Å²) < 4.78 is 0. The first-order valence-electron chi connectivity index (χ1n) is 10.5. The van der Waals surface area contributed by atoms with E-state index in [9.17, 15) is 0 Å². The summed E-state index contributed by atoms with van der Waals surface area (Å²) in [6, 6.07) is 14.3. The van der Waals surface area contributed by atoms with E-state index in [4.69, 9.17) is 33.0 Å². The molecule has 1 saturated carbocycles. The van der Waals surface area contributed by atoms with Crippen LogP contribution in [0.25, 0.3) is 23.1 Å². The van der Waals surface area contributed by atoms with Crippen molar-refractivity contribution in [2.45, 2.75) is 44.7 Å². The fourth-order valence-corrected chi connectivity index (χ4v) is 4.13. The molecule has 176 valence electrons. The number of nitrogens with one attached hydrogen (secondary N) is 1. The maximum absolute atomic E-state index is 5.98. The van der Waals surface area contributed by atoms with Gasteiger partial charge in [0.05, 0.1) is 11.6 Å². The Hall–Kier alpha value is -2.54. The molecule has 5 N–H and O–H groups in total. The van der Waals surface area contributed by atoms with Crippen LogP contribution in [-0.4, -0.2) is 28.0 Å². The van der Waals surface area contributed by atoms with Crippen LogP contribution in [0.3, 0.4) is 0 Å². The maximum atomic E-state index is 5.98. The summed E-state index contributed by atoms with van der Waals surface area (Å²) in [6.07, 6.45) is 7.94. The first-order chi connectivity index (χ1) is 15.0. The van der Waals surface area contributed by atoms with Crippen molar-refractivity contribution in [1.82, 2.24) is 9.97 Å². The molecule has 3 aromatic rings. The molecule has 2 atom stereocenters. The second kappa shape index (κ2) is 12.1. The Morgan fingerprint density at radius 3 is 2.55 bits per heavy atom. The van der Waals surface area contributed by atoms with Gasteiger partial charge < -0.3 is 16.8 Å². The van der Waals surface area contributed by atoms with E-state index in [1.807, 2.05) is 42.5 Å². The monoisotopic (exact) mass is 506 g/mol. The molecule has 0 spiro atoms. The van der Waals surface area contributed by atoms with Crippen molar-refractivity contribution < 1.29 is 0 Å². The average Bonchev–Trinajstić information content (AvgIpc) is 2.73. The number of aromatic nitrogens is 2. The van der Waals surface area contributed by atoms with Crippen LogP contribution in [0, 0.1) is 6.92 Å². The lowest BCUT2D eigenvalue weighted by Gasteiger charge is -2.28. The molecule has 0 saturated heterocycles. The van der Waals surface area contributed by atoms with Crippen LogP contribution in [0.5, 0.6) is 0 Å². The van der Waals surface area contributed by atoms with Crippen molar-refractivity contribution in [3.8, 4) is 0 Å². The minimum absolute atomic E-state index is 0. The van der Waals surface area contributed by atoms with Crippen molar-refractivity contribution in [2.75, 3.05) is 5.32 Å². The maximum Gasteiger partial charge on any atom is 0.186 e. The summed E-state index contributed by atoms with van der Waals surface area (Å²) in [6.45, 7) is 2.08. The first-order valence-corrected chi connectivity index (χ1v) is 10.9. The summed E-state index contributed by atoms with van der Waals surface area (Å²) >= 11 is 5.98. The molecule has 33 heavy (non-hydrogen) atoms. The Kier molecular flexibility index (Phi) is 9.77. The fraction of sp³-hybridized carbons (Fsp3) is 0.292. The van der Waals surface area contributed by atoms with Crippen LogP contribution in [0.1, 0.15) is 42.6 Å². The average molecular weight is 508 g/mol. The molecule has 9 heteroatoms. The molecule has 1 aliphatic rings. The van der Waals surface area contributed by atoms with Gasteiger partial charge in [-0.3, -0.25) is 4.99 Å². The van der Waals surface area contributed by atoms with Crippen molar-refractivity contribution >= 4 is 71.2 Å². The lowest BCUT2D eigenvalue weighted by Crippen LogP contribution is -2.32. The zero-order chi connectivity index (χ0) is 21.8. The lowest BCUT2D eigenvalue weighted by atomic mass is 9.91. The highest BCUT2D eigenvalue weighted by molar-refractivity contribution is 6.30. The van der Waals surface area contributed by atoms with Gasteiger partial charge in [-0.1, -0.05) is 41.4 Å². The van der Waals surface area contributed by atoms with Crippen molar-refractivity contribution in [1.29, 1.82) is 0 Å². The Labute approximate surface area is 211 Å². The number of nitrogens with two attached hydrogens (primary N) is 2. The standard InChI is InChI=1S/C24H27ClN6.2ClH/c1-15-5-11-21-20(13-15)23(28-18-3-2-4-19(14-18)29-24(26)27)31-22(30-21)12-8-16-6-9-17(25)10-7-16;;/h5-13,18-19H,2-4,14H2,1H3,(H4,26,27,29)(H,28,30,31);2*1H/b12-8-;;. The summed E-state index contributed by atoms with van der Waals surface area (Å²) in [5.41, 5.74) is 14.3. The molecule has 0 aliphatic heterocycles. The van der Waals surface area contributed by atoms with E-state index < -0.39 is 0 Å². The molecule has 2 unspecified atom stereocenters. The van der Waals surface area contributed by atoms with Gasteiger partial charge in [0.2, 0.25) is 0 Å². The highest BCUT2D eigenvalue weighted by Crippen LogP contribution is 2.28. The highest BCUT2D eigenvalue weighted by Gasteiger charge is 2.22. The summed E-state index contributed by atoms with van der Waals surface area (Å²) in [7, 11) is 0. The van der Waals surface area contributed by atoms with Gasteiger partial charge in [0.1, 0.15) is 5.82 Å². The SMILES string of the molecule is Cc1ccc2nc(/C=C\c3ccc(Cl)cc3)nc(NC3CCCC(N=C(N)N)C3)c2c1.Cl.Cl. The molecule has 6 nitrogen and oxygen atoms in total. The number of anilines is 1.